The van der Waals surface area contributed by atoms with Crippen molar-refractivity contribution in [3.63, 3.8) is 0 Å². The summed E-state index contributed by atoms with van der Waals surface area (Å²) in [5.74, 6) is -0.193. The molecule has 3 heteroatoms. The quantitative estimate of drug-likeness (QED) is 0.809. The highest BCUT2D eigenvalue weighted by atomic mass is 19.1. The van der Waals surface area contributed by atoms with Crippen molar-refractivity contribution in [2.45, 2.75) is 25.8 Å². The molecule has 0 radical (unpaired) electrons. The first kappa shape index (κ1) is 12.1. The molecule has 1 aromatic rings. The molecule has 0 aromatic heterocycles. The fraction of sp³-hybridized carbons (Fsp3) is 0.500. The highest BCUT2D eigenvalue weighted by Crippen LogP contribution is 2.12. The van der Waals surface area contributed by atoms with Gasteiger partial charge >= 0.3 is 0 Å². The van der Waals surface area contributed by atoms with Gasteiger partial charge in [0.25, 0.3) is 0 Å². The second kappa shape index (κ2) is 5.83. The Morgan fingerprint density at radius 3 is 2.80 bits per heavy atom. The Morgan fingerprint density at radius 1 is 1.47 bits per heavy atom. The van der Waals surface area contributed by atoms with Gasteiger partial charge in [-0.05, 0) is 43.0 Å². The molecule has 0 saturated heterocycles. The van der Waals surface area contributed by atoms with Crippen LogP contribution in [-0.2, 0) is 11.2 Å². The SMILES string of the molecule is COCCC(N)Cc1ccc(F)cc1C. The standard InChI is InChI=1S/C12H18FNO/c1-9-7-11(13)4-3-10(9)8-12(14)5-6-15-2/h3-4,7,12H,5-6,8,14H2,1-2H3. The third-order valence-electron chi connectivity index (χ3n) is 2.48. The molecule has 0 heterocycles. The predicted molar refractivity (Wildman–Crippen MR) is 59.3 cm³/mol. The van der Waals surface area contributed by atoms with Crippen LogP contribution in [0.2, 0.25) is 0 Å². The zero-order valence-corrected chi connectivity index (χ0v) is 9.29. The minimum absolute atomic E-state index is 0.0779. The Balaban J connectivity index is 2.56. The van der Waals surface area contributed by atoms with Gasteiger partial charge in [0.2, 0.25) is 0 Å². The van der Waals surface area contributed by atoms with Gasteiger partial charge in [-0.15, -0.1) is 0 Å². The maximum Gasteiger partial charge on any atom is 0.123 e. The van der Waals surface area contributed by atoms with E-state index in [4.69, 9.17) is 10.5 Å². The van der Waals surface area contributed by atoms with Crippen LogP contribution < -0.4 is 5.73 Å². The number of hydrogen-bond donors (Lipinski definition) is 1. The van der Waals surface area contributed by atoms with Gasteiger partial charge in [0.15, 0.2) is 0 Å². The summed E-state index contributed by atoms with van der Waals surface area (Å²) in [5.41, 5.74) is 8.00. The van der Waals surface area contributed by atoms with Crippen molar-refractivity contribution in [2.24, 2.45) is 5.73 Å². The number of methoxy groups -OCH3 is 1. The van der Waals surface area contributed by atoms with Gasteiger partial charge < -0.3 is 10.5 Å². The van der Waals surface area contributed by atoms with Crippen molar-refractivity contribution >= 4 is 0 Å². The van der Waals surface area contributed by atoms with Crippen molar-refractivity contribution in [2.75, 3.05) is 13.7 Å². The summed E-state index contributed by atoms with van der Waals surface area (Å²) < 4.78 is 17.8. The van der Waals surface area contributed by atoms with E-state index in [1.165, 1.54) is 6.07 Å². The minimum Gasteiger partial charge on any atom is -0.385 e. The first-order valence-electron chi connectivity index (χ1n) is 5.13. The summed E-state index contributed by atoms with van der Waals surface area (Å²) in [6, 6.07) is 4.90. The summed E-state index contributed by atoms with van der Waals surface area (Å²) in [6.07, 6.45) is 1.60. The van der Waals surface area contributed by atoms with Gasteiger partial charge in [0.1, 0.15) is 5.82 Å². The van der Waals surface area contributed by atoms with E-state index in [1.807, 2.05) is 6.92 Å². The first-order chi connectivity index (χ1) is 7.13. The zero-order chi connectivity index (χ0) is 11.3. The van der Waals surface area contributed by atoms with E-state index >= 15 is 0 Å². The maximum absolute atomic E-state index is 12.8. The second-order valence-corrected chi connectivity index (χ2v) is 3.82. The number of ether oxygens (including phenoxy) is 1. The van der Waals surface area contributed by atoms with Crippen LogP contribution in [0.5, 0.6) is 0 Å². The van der Waals surface area contributed by atoms with E-state index in [-0.39, 0.29) is 11.9 Å². The highest BCUT2D eigenvalue weighted by Gasteiger charge is 2.06. The fourth-order valence-electron chi connectivity index (χ4n) is 1.54. The Bertz CT molecular complexity index is 314. The predicted octanol–water partition coefficient (Wildman–Crippen LogP) is 2.04. The lowest BCUT2D eigenvalue weighted by Crippen LogP contribution is -2.24. The van der Waals surface area contributed by atoms with Crippen molar-refractivity contribution < 1.29 is 9.13 Å². The molecule has 1 atom stereocenters. The number of aryl methyl sites for hydroxylation is 1. The lowest BCUT2D eigenvalue weighted by molar-refractivity contribution is 0.188. The number of nitrogens with two attached hydrogens (primary N) is 1. The molecule has 0 spiro atoms. The largest absolute Gasteiger partial charge is 0.385 e. The molecule has 2 N–H and O–H groups in total. The van der Waals surface area contributed by atoms with Gasteiger partial charge in [0, 0.05) is 19.8 Å². The van der Waals surface area contributed by atoms with Crippen molar-refractivity contribution in [3.05, 3.63) is 35.1 Å². The van der Waals surface area contributed by atoms with Crippen molar-refractivity contribution in [3.8, 4) is 0 Å². The Kier molecular flexibility index (Phi) is 4.72. The molecule has 0 bridgehead atoms. The molecule has 2 nitrogen and oxygen atoms in total. The second-order valence-electron chi connectivity index (χ2n) is 3.82. The van der Waals surface area contributed by atoms with Crippen LogP contribution in [-0.4, -0.2) is 19.8 Å². The molecule has 15 heavy (non-hydrogen) atoms. The molecule has 1 unspecified atom stereocenters. The molecule has 1 aromatic carbocycles. The van der Waals surface area contributed by atoms with E-state index in [9.17, 15) is 4.39 Å². The summed E-state index contributed by atoms with van der Waals surface area (Å²) in [5, 5.41) is 0. The van der Waals surface area contributed by atoms with Crippen LogP contribution >= 0.6 is 0 Å². The smallest absolute Gasteiger partial charge is 0.123 e. The zero-order valence-electron chi connectivity index (χ0n) is 9.29. The molecular formula is C12H18FNO. The van der Waals surface area contributed by atoms with Crippen molar-refractivity contribution in [1.82, 2.24) is 0 Å². The summed E-state index contributed by atoms with van der Waals surface area (Å²) >= 11 is 0. The number of benzene rings is 1. The molecule has 84 valence electrons. The van der Waals surface area contributed by atoms with E-state index in [0.29, 0.717) is 6.61 Å². The number of rotatable bonds is 5. The monoisotopic (exact) mass is 211 g/mol. The van der Waals surface area contributed by atoms with Gasteiger partial charge in [-0.1, -0.05) is 6.07 Å². The Morgan fingerprint density at radius 2 is 2.20 bits per heavy atom. The van der Waals surface area contributed by atoms with Gasteiger partial charge in [-0.25, -0.2) is 4.39 Å². The minimum atomic E-state index is -0.193. The van der Waals surface area contributed by atoms with Crippen LogP contribution in [0.1, 0.15) is 17.5 Å². The lowest BCUT2D eigenvalue weighted by Gasteiger charge is -2.12. The third-order valence-corrected chi connectivity index (χ3v) is 2.48. The van der Waals surface area contributed by atoms with Gasteiger partial charge in [-0.2, -0.15) is 0 Å². The molecule has 0 aliphatic rings. The molecule has 0 saturated carbocycles. The van der Waals surface area contributed by atoms with Crippen molar-refractivity contribution in [1.29, 1.82) is 0 Å². The van der Waals surface area contributed by atoms with Crippen LogP contribution in [0.25, 0.3) is 0 Å². The molecule has 0 fully saturated rings. The molecule has 1 rings (SSSR count). The normalized spacial score (nSPS) is 12.8. The summed E-state index contributed by atoms with van der Waals surface area (Å²) in [6.45, 7) is 2.57. The summed E-state index contributed by atoms with van der Waals surface area (Å²) in [7, 11) is 1.66. The van der Waals surface area contributed by atoms with Crippen LogP contribution in [0.3, 0.4) is 0 Å². The average Bonchev–Trinajstić information content (AvgIpc) is 2.19. The lowest BCUT2D eigenvalue weighted by atomic mass is 10.00. The van der Waals surface area contributed by atoms with Crippen LogP contribution in [0.4, 0.5) is 4.39 Å². The Hall–Kier alpha value is -0.930. The average molecular weight is 211 g/mol. The molecule has 0 aliphatic carbocycles. The first-order valence-corrected chi connectivity index (χ1v) is 5.13. The maximum atomic E-state index is 12.8. The van der Waals surface area contributed by atoms with E-state index < -0.39 is 0 Å². The van der Waals surface area contributed by atoms with Crippen LogP contribution in [0, 0.1) is 12.7 Å². The summed E-state index contributed by atoms with van der Waals surface area (Å²) in [4.78, 5) is 0. The number of halogens is 1. The van der Waals surface area contributed by atoms with E-state index in [0.717, 1.165) is 24.0 Å². The third kappa shape index (κ3) is 3.98. The van der Waals surface area contributed by atoms with Crippen LogP contribution in [0.15, 0.2) is 18.2 Å². The molecule has 0 amide bonds. The topological polar surface area (TPSA) is 35.2 Å². The molecular weight excluding hydrogens is 193 g/mol. The highest BCUT2D eigenvalue weighted by molar-refractivity contribution is 5.27. The van der Waals surface area contributed by atoms with E-state index in [2.05, 4.69) is 0 Å². The van der Waals surface area contributed by atoms with Gasteiger partial charge in [0.05, 0.1) is 0 Å². The van der Waals surface area contributed by atoms with Gasteiger partial charge in [-0.3, -0.25) is 0 Å². The number of hydrogen-bond acceptors (Lipinski definition) is 2. The molecule has 0 aliphatic heterocycles. The van der Waals surface area contributed by atoms with E-state index in [1.54, 1.807) is 19.2 Å². The Labute approximate surface area is 90.2 Å². The fourth-order valence-corrected chi connectivity index (χ4v) is 1.54.